The van der Waals surface area contributed by atoms with Crippen LogP contribution in [0.1, 0.15) is 10.5 Å². The molecule has 6 heteroatoms. The van der Waals surface area contributed by atoms with E-state index in [4.69, 9.17) is 10.2 Å². The summed E-state index contributed by atoms with van der Waals surface area (Å²) in [5, 5.41) is 21.9. The molecule has 0 aliphatic heterocycles. The Labute approximate surface area is 97.2 Å². The van der Waals surface area contributed by atoms with Crippen LogP contribution in [-0.2, 0) is 6.54 Å². The van der Waals surface area contributed by atoms with Gasteiger partial charge in [0.2, 0.25) is 0 Å². The number of rotatable bonds is 4. The summed E-state index contributed by atoms with van der Waals surface area (Å²) in [6.45, 7) is -0.0158. The molecule has 2 rings (SSSR count). The fourth-order valence-electron chi connectivity index (χ4n) is 1.49. The molecule has 0 saturated carbocycles. The Kier molecular flexibility index (Phi) is 3.15. The van der Waals surface area contributed by atoms with Crippen LogP contribution in [0.5, 0.6) is 0 Å². The van der Waals surface area contributed by atoms with Crippen molar-refractivity contribution < 1.29 is 15.0 Å². The van der Waals surface area contributed by atoms with Crippen LogP contribution < -0.4 is 0 Å². The third kappa shape index (κ3) is 2.31. The number of carbonyl (C=O) groups is 1. The summed E-state index contributed by atoms with van der Waals surface area (Å²) in [5.74, 6) is -1.08. The molecule has 2 aromatic rings. The van der Waals surface area contributed by atoms with Crippen molar-refractivity contribution in [3.63, 3.8) is 0 Å². The zero-order chi connectivity index (χ0) is 12.3. The van der Waals surface area contributed by atoms with Crippen molar-refractivity contribution in [2.75, 3.05) is 6.61 Å². The maximum atomic E-state index is 11.0. The van der Waals surface area contributed by atoms with E-state index in [1.807, 2.05) is 0 Å². The normalized spacial score (nSPS) is 10.4. The molecule has 6 nitrogen and oxygen atoms in total. The first-order valence-corrected chi connectivity index (χ1v) is 5.06. The first-order chi connectivity index (χ1) is 8.22. The van der Waals surface area contributed by atoms with Crippen molar-refractivity contribution >= 4 is 5.97 Å². The largest absolute Gasteiger partial charge is 0.477 e. The Balaban J connectivity index is 2.44. The Morgan fingerprint density at radius 1 is 1.35 bits per heavy atom. The molecule has 0 aromatic carbocycles. The Morgan fingerprint density at radius 2 is 2.18 bits per heavy atom. The molecular weight excluding hydrogens is 222 g/mol. The highest BCUT2D eigenvalue weighted by atomic mass is 16.4. The van der Waals surface area contributed by atoms with E-state index in [0.717, 1.165) is 0 Å². The lowest BCUT2D eigenvalue weighted by molar-refractivity contribution is 0.0681. The van der Waals surface area contributed by atoms with Gasteiger partial charge in [0.05, 0.1) is 18.8 Å². The average Bonchev–Trinajstić information content (AvgIpc) is 2.75. The molecule has 0 aliphatic carbocycles. The third-order valence-corrected chi connectivity index (χ3v) is 2.24. The molecule has 2 aromatic heterocycles. The Morgan fingerprint density at radius 3 is 2.76 bits per heavy atom. The minimum absolute atomic E-state index is 0.0414. The van der Waals surface area contributed by atoms with Crippen LogP contribution in [0.4, 0.5) is 0 Å². The molecule has 0 fully saturated rings. The number of carboxylic acids is 1. The average molecular weight is 233 g/mol. The van der Waals surface area contributed by atoms with Crippen LogP contribution in [0.25, 0.3) is 11.4 Å². The fraction of sp³-hybridized carbons (Fsp3) is 0.182. The lowest BCUT2D eigenvalue weighted by Crippen LogP contribution is -2.12. The molecule has 0 bridgehead atoms. The van der Waals surface area contributed by atoms with Gasteiger partial charge in [0, 0.05) is 12.3 Å². The lowest BCUT2D eigenvalue weighted by Gasteiger charge is -1.99. The van der Waals surface area contributed by atoms with Crippen molar-refractivity contribution in [1.29, 1.82) is 0 Å². The van der Waals surface area contributed by atoms with Gasteiger partial charge < -0.3 is 10.2 Å². The van der Waals surface area contributed by atoms with Gasteiger partial charge in [-0.3, -0.25) is 9.67 Å². The van der Waals surface area contributed by atoms with Gasteiger partial charge in [0.25, 0.3) is 0 Å². The summed E-state index contributed by atoms with van der Waals surface area (Å²) in [4.78, 5) is 15.1. The maximum absolute atomic E-state index is 11.0. The summed E-state index contributed by atoms with van der Waals surface area (Å²) < 4.78 is 1.26. The van der Waals surface area contributed by atoms with E-state index in [9.17, 15) is 4.79 Å². The number of hydrogen-bond donors (Lipinski definition) is 2. The molecular formula is C11H11N3O3. The second-order valence-electron chi connectivity index (χ2n) is 3.38. The summed E-state index contributed by atoms with van der Waals surface area (Å²) >= 11 is 0. The van der Waals surface area contributed by atoms with Gasteiger partial charge in [-0.15, -0.1) is 0 Å². The van der Waals surface area contributed by atoms with E-state index in [1.165, 1.54) is 10.7 Å². The van der Waals surface area contributed by atoms with Crippen molar-refractivity contribution in [2.24, 2.45) is 0 Å². The van der Waals surface area contributed by atoms with Crippen molar-refractivity contribution in [3.05, 3.63) is 36.2 Å². The summed E-state index contributed by atoms with van der Waals surface area (Å²) in [7, 11) is 0. The van der Waals surface area contributed by atoms with E-state index in [-0.39, 0.29) is 18.8 Å². The number of aromatic carboxylic acids is 1. The van der Waals surface area contributed by atoms with Crippen molar-refractivity contribution in [2.45, 2.75) is 6.54 Å². The number of hydrogen-bond acceptors (Lipinski definition) is 4. The first-order valence-electron chi connectivity index (χ1n) is 5.06. The maximum Gasteiger partial charge on any atom is 0.354 e. The lowest BCUT2D eigenvalue weighted by atomic mass is 10.2. The highest BCUT2D eigenvalue weighted by Gasteiger charge is 2.15. The second-order valence-corrected chi connectivity index (χ2v) is 3.38. The van der Waals surface area contributed by atoms with E-state index >= 15 is 0 Å². The number of aliphatic hydroxyl groups is 1. The van der Waals surface area contributed by atoms with Gasteiger partial charge in [0.15, 0.2) is 0 Å². The van der Waals surface area contributed by atoms with E-state index in [1.54, 1.807) is 24.4 Å². The molecule has 2 N–H and O–H groups in total. The topological polar surface area (TPSA) is 88.2 Å². The minimum atomic E-state index is -1.08. The van der Waals surface area contributed by atoms with Crippen LogP contribution in [-0.4, -0.2) is 37.6 Å². The number of aliphatic hydroxyl groups excluding tert-OH is 1. The molecule has 2 heterocycles. The van der Waals surface area contributed by atoms with Gasteiger partial charge >= 0.3 is 5.97 Å². The molecule has 88 valence electrons. The highest BCUT2D eigenvalue weighted by Crippen LogP contribution is 2.16. The van der Waals surface area contributed by atoms with E-state index in [2.05, 4.69) is 10.1 Å². The Hall–Kier alpha value is -2.21. The van der Waals surface area contributed by atoms with Crippen LogP contribution in [0.15, 0.2) is 30.5 Å². The molecule has 0 saturated heterocycles. The van der Waals surface area contributed by atoms with Gasteiger partial charge in [-0.05, 0) is 12.1 Å². The van der Waals surface area contributed by atoms with Gasteiger partial charge in [0.1, 0.15) is 11.4 Å². The Bertz CT molecular complexity index is 522. The van der Waals surface area contributed by atoms with E-state index < -0.39 is 5.97 Å². The smallest absolute Gasteiger partial charge is 0.354 e. The van der Waals surface area contributed by atoms with E-state index in [0.29, 0.717) is 11.4 Å². The van der Waals surface area contributed by atoms with Crippen LogP contribution in [0.3, 0.4) is 0 Å². The minimum Gasteiger partial charge on any atom is -0.477 e. The monoisotopic (exact) mass is 233 g/mol. The van der Waals surface area contributed by atoms with Gasteiger partial charge in [-0.25, -0.2) is 4.79 Å². The summed E-state index contributed by atoms with van der Waals surface area (Å²) in [6, 6.07) is 6.76. The SMILES string of the molecule is O=C(O)c1cc(-c2ccccn2)nn1CCO. The third-order valence-electron chi connectivity index (χ3n) is 2.24. The summed E-state index contributed by atoms with van der Waals surface area (Å²) in [6.07, 6.45) is 1.61. The van der Waals surface area contributed by atoms with Crippen LogP contribution >= 0.6 is 0 Å². The number of pyridine rings is 1. The van der Waals surface area contributed by atoms with Crippen molar-refractivity contribution in [3.8, 4) is 11.4 Å². The molecule has 17 heavy (non-hydrogen) atoms. The second kappa shape index (κ2) is 4.75. The molecule has 0 atom stereocenters. The standard InChI is InChI=1S/C11H11N3O3/c15-6-5-14-10(11(16)17)7-9(13-14)8-3-1-2-4-12-8/h1-4,7,15H,5-6H2,(H,16,17). The summed E-state index contributed by atoms with van der Waals surface area (Å²) in [5.41, 5.74) is 1.13. The molecule has 0 spiro atoms. The fourth-order valence-corrected chi connectivity index (χ4v) is 1.49. The number of carboxylic acid groups (broad SMARTS) is 1. The molecule has 0 radical (unpaired) electrons. The molecule has 0 aliphatic rings. The van der Waals surface area contributed by atoms with Crippen LogP contribution in [0, 0.1) is 0 Å². The number of nitrogens with zero attached hydrogens (tertiary/aromatic N) is 3. The van der Waals surface area contributed by atoms with Gasteiger partial charge in [-0.1, -0.05) is 6.07 Å². The van der Waals surface area contributed by atoms with Gasteiger partial charge in [-0.2, -0.15) is 5.10 Å². The highest BCUT2D eigenvalue weighted by molar-refractivity contribution is 5.87. The van der Waals surface area contributed by atoms with Crippen molar-refractivity contribution in [1.82, 2.24) is 14.8 Å². The molecule has 0 amide bonds. The number of aromatic nitrogens is 3. The van der Waals surface area contributed by atoms with Crippen LogP contribution in [0.2, 0.25) is 0 Å². The zero-order valence-corrected chi connectivity index (χ0v) is 8.95. The zero-order valence-electron chi connectivity index (χ0n) is 8.95. The first kappa shape index (κ1) is 11.3. The quantitative estimate of drug-likeness (QED) is 0.808. The predicted molar refractivity (Wildman–Crippen MR) is 59.5 cm³/mol. The molecule has 0 unspecified atom stereocenters. The predicted octanol–water partition coefficient (Wildman–Crippen LogP) is 0.636.